The lowest BCUT2D eigenvalue weighted by atomic mass is 9.78. The third kappa shape index (κ3) is 3.59. The number of aliphatic hydroxyl groups is 1. The summed E-state index contributed by atoms with van der Waals surface area (Å²) in [6.07, 6.45) is 2.64. The predicted octanol–water partition coefficient (Wildman–Crippen LogP) is 1.68. The molecule has 8 heteroatoms. The van der Waals surface area contributed by atoms with Crippen molar-refractivity contribution in [1.29, 1.82) is 0 Å². The van der Waals surface area contributed by atoms with Crippen LogP contribution in [0.4, 0.5) is 4.39 Å². The van der Waals surface area contributed by atoms with Crippen LogP contribution in [-0.2, 0) is 11.3 Å². The SMILES string of the molecule is O=C1N(CCO)CCC[C@@]12CCN(Cc1nnc(-c3cccc(F)c3)o1)C2. The smallest absolute Gasteiger partial charge is 0.247 e. The summed E-state index contributed by atoms with van der Waals surface area (Å²) in [6.45, 7) is 3.04. The summed E-state index contributed by atoms with van der Waals surface area (Å²) in [5, 5.41) is 17.3. The van der Waals surface area contributed by atoms with Gasteiger partial charge in [0.05, 0.1) is 18.6 Å². The molecule has 27 heavy (non-hydrogen) atoms. The maximum absolute atomic E-state index is 13.4. The lowest BCUT2D eigenvalue weighted by molar-refractivity contribution is -0.146. The normalized spacial score (nSPS) is 23.5. The number of rotatable bonds is 5. The summed E-state index contributed by atoms with van der Waals surface area (Å²) in [6, 6.07) is 6.05. The van der Waals surface area contributed by atoms with Crippen molar-refractivity contribution in [2.24, 2.45) is 5.41 Å². The van der Waals surface area contributed by atoms with Gasteiger partial charge in [0, 0.05) is 25.2 Å². The van der Waals surface area contributed by atoms with E-state index in [9.17, 15) is 14.3 Å². The number of aliphatic hydroxyl groups excluding tert-OH is 1. The fourth-order valence-electron chi connectivity index (χ4n) is 4.21. The minimum atomic E-state index is -0.362. The van der Waals surface area contributed by atoms with Crippen molar-refractivity contribution in [2.45, 2.75) is 25.8 Å². The molecule has 0 unspecified atom stereocenters. The third-order valence-corrected chi connectivity index (χ3v) is 5.52. The highest BCUT2D eigenvalue weighted by Gasteiger charge is 2.48. The van der Waals surface area contributed by atoms with Gasteiger partial charge in [-0.2, -0.15) is 0 Å². The Balaban J connectivity index is 1.42. The number of β-amino-alcohol motifs (C(OH)–C–C–N with tert-alkyl or cyclic N) is 1. The number of likely N-dealkylation sites (tertiary alicyclic amines) is 2. The van der Waals surface area contributed by atoms with Crippen molar-refractivity contribution in [2.75, 3.05) is 32.8 Å². The van der Waals surface area contributed by atoms with Crippen LogP contribution in [0.2, 0.25) is 0 Å². The van der Waals surface area contributed by atoms with Crippen molar-refractivity contribution in [3.8, 4) is 11.5 Å². The molecule has 0 aliphatic carbocycles. The van der Waals surface area contributed by atoms with Crippen molar-refractivity contribution in [3.05, 3.63) is 36.0 Å². The number of carbonyl (C=O) groups excluding carboxylic acids is 1. The largest absolute Gasteiger partial charge is 0.419 e. The Morgan fingerprint density at radius 3 is 2.96 bits per heavy atom. The van der Waals surface area contributed by atoms with Gasteiger partial charge in [-0.15, -0.1) is 10.2 Å². The quantitative estimate of drug-likeness (QED) is 0.858. The molecule has 0 radical (unpaired) electrons. The average Bonchev–Trinajstić information content (AvgIpc) is 3.28. The predicted molar refractivity (Wildman–Crippen MR) is 94.9 cm³/mol. The molecule has 144 valence electrons. The third-order valence-electron chi connectivity index (χ3n) is 5.52. The van der Waals surface area contributed by atoms with Gasteiger partial charge in [-0.3, -0.25) is 9.69 Å². The Hall–Kier alpha value is -2.32. The first kappa shape index (κ1) is 18.1. The van der Waals surface area contributed by atoms with Crippen LogP contribution in [-0.4, -0.2) is 63.8 Å². The second-order valence-electron chi connectivity index (χ2n) is 7.37. The molecule has 1 amide bonds. The lowest BCUT2D eigenvalue weighted by Gasteiger charge is -2.39. The molecule has 2 aliphatic rings. The molecule has 1 atom stereocenters. The van der Waals surface area contributed by atoms with Gasteiger partial charge in [-0.1, -0.05) is 6.07 Å². The van der Waals surface area contributed by atoms with Crippen LogP contribution in [0.15, 0.2) is 28.7 Å². The van der Waals surface area contributed by atoms with E-state index in [0.717, 1.165) is 32.4 Å². The van der Waals surface area contributed by atoms with E-state index in [-0.39, 0.29) is 23.7 Å². The van der Waals surface area contributed by atoms with Crippen LogP contribution in [0.3, 0.4) is 0 Å². The Kier molecular flexibility index (Phi) is 4.92. The molecule has 3 heterocycles. The molecule has 0 saturated carbocycles. The maximum Gasteiger partial charge on any atom is 0.247 e. The van der Waals surface area contributed by atoms with E-state index in [2.05, 4.69) is 15.1 Å². The lowest BCUT2D eigenvalue weighted by Crippen LogP contribution is -2.50. The topological polar surface area (TPSA) is 82.7 Å². The molecule has 0 bridgehead atoms. The van der Waals surface area contributed by atoms with Crippen LogP contribution in [0.1, 0.15) is 25.2 Å². The van der Waals surface area contributed by atoms with Crippen LogP contribution in [0.5, 0.6) is 0 Å². The van der Waals surface area contributed by atoms with Crippen molar-refractivity contribution in [1.82, 2.24) is 20.0 Å². The second kappa shape index (κ2) is 7.36. The molecule has 1 spiro atoms. The van der Waals surface area contributed by atoms with E-state index in [0.29, 0.717) is 37.0 Å². The van der Waals surface area contributed by atoms with Crippen LogP contribution in [0.25, 0.3) is 11.5 Å². The monoisotopic (exact) mass is 374 g/mol. The summed E-state index contributed by atoms with van der Waals surface area (Å²) in [7, 11) is 0. The Morgan fingerprint density at radius 2 is 2.15 bits per heavy atom. The standard InChI is InChI=1S/C19H23FN4O3/c20-15-4-1-3-14(11-15)17-22-21-16(27-17)12-23-8-6-19(13-23)5-2-7-24(9-10-25)18(19)26/h1,3-4,11,25H,2,5-10,12-13H2/t19-/m0/s1. The molecule has 2 saturated heterocycles. The van der Waals surface area contributed by atoms with Gasteiger partial charge in [0.1, 0.15) is 5.82 Å². The van der Waals surface area contributed by atoms with E-state index >= 15 is 0 Å². The van der Waals surface area contributed by atoms with Gasteiger partial charge >= 0.3 is 0 Å². The number of carbonyl (C=O) groups is 1. The molecule has 2 aromatic rings. The molecule has 1 aromatic carbocycles. The molecule has 1 aromatic heterocycles. The fourth-order valence-corrected chi connectivity index (χ4v) is 4.21. The zero-order chi connectivity index (χ0) is 18.9. The first-order valence-corrected chi connectivity index (χ1v) is 9.31. The summed E-state index contributed by atoms with van der Waals surface area (Å²) >= 11 is 0. The van der Waals surface area contributed by atoms with Crippen LogP contribution in [0, 0.1) is 11.2 Å². The summed E-state index contributed by atoms with van der Waals surface area (Å²) in [4.78, 5) is 16.8. The number of aromatic nitrogens is 2. The number of amides is 1. The average molecular weight is 374 g/mol. The van der Waals surface area contributed by atoms with E-state index in [1.807, 2.05) is 0 Å². The number of hydrogen-bond donors (Lipinski definition) is 1. The van der Waals surface area contributed by atoms with Gasteiger partial charge < -0.3 is 14.4 Å². The molecule has 4 rings (SSSR count). The van der Waals surface area contributed by atoms with Crippen molar-refractivity contribution in [3.63, 3.8) is 0 Å². The highest BCUT2D eigenvalue weighted by atomic mass is 19.1. The number of piperidine rings is 1. The summed E-state index contributed by atoms with van der Waals surface area (Å²) in [5.41, 5.74) is 0.187. The molecular formula is C19H23FN4O3. The van der Waals surface area contributed by atoms with Gasteiger partial charge in [-0.05, 0) is 44.0 Å². The Morgan fingerprint density at radius 1 is 1.26 bits per heavy atom. The first-order chi connectivity index (χ1) is 13.1. The number of nitrogens with zero attached hydrogens (tertiary/aromatic N) is 4. The second-order valence-corrected chi connectivity index (χ2v) is 7.37. The van der Waals surface area contributed by atoms with Crippen molar-refractivity contribution >= 4 is 5.91 Å². The molecule has 7 nitrogen and oxygen atoms in total. The zero-order valence-electron chi connectivity index (χ0n) is 15.1. The van der Waals surface area contributed by atoms with Gasteiger partial charge in [0.15, 0.2) is 0 Å². The highest BCUT2D eigenvalue weighted by Crippen LogP contribution is 2.40. The van der Waals surface area contributed by atoms with E-state index in [4.69, 9.17) is 4.42 Å². The number of halogens is 1. The molecule has 1 N–H and O–H groups in total. The molecular weight excluding hydrogens is 351 g/mol. The van der Waals surface area contributed by atoms with E-state index in [1.165, 1.54) is 12.1 Å². The molecule has 2 fully saturated rings. The maximum atomic E-state index is 13.4. The summed E-state index contributed by atoms with van der Waals surface area (Å²) in [5.74, 6) is 0.552. The fraction of sp³-hybridized carbons (Fsp3) is 0.526. The Labute approximate surface area is 156 Å². The van der Waals surface area contributed by atoms with Gasteiger partial charge in [0.25, 0.3) is 0 Å². The first-order valence-electron chi connectivity index (χ1n) is 9.31. The minimum Gasteiger partial charge on any atom is -0.419 e. The molecule has 2 aliphatic heterocycles. The van der Waals surface area contributed by atoms with Gasteiger partial charge in [-0.25, -0.2) is 4.39 Å². The zero-order valence-corrected chi connectivity index (χ0v) is 15.1. The number of hydrogen-bond acceptors (Lipinski definition) is 6. The van der Waals surface area contributed by atoms with Crippen LogP contribution < -0.4 is 0 Å². The Bertz CT molecular complexity index is 825. The van der Waals surface area contributed by atoms with Gasteiger partial charge in [0.2, 0.25) is 17.7 Å². The highest BCUT2D eigenvalue weighted by molar-refractivity contribution is 5.84. The van der Waals surface area contributed by atoms with E-state index in [1.54, 1.807) is 17.0 Å². The minimum absolute atomic E-state index is 0.00360. The van der Waals surface area contributed by atoms with Crippen LogP contribution >= 0.6 is 0 Å². The van der Waals surface area contributed by atoms with Crippen molar-refractivity contribution < 1.29 is 18.7 Å². The van der Waals surface area contributed by atoms with E-state index < -0.39 is 0 Å². The number of benzene rings is 1. The summed E-state index contributed by atoms with van der Waals surface area (Å²) < 4.78 is 19.1.